The Kier molecular flexibility index (Phi) is 5.94. The average Bonchev–Trinajstić information content (AvgIpc) is 2.58. The van der Waals surface area contributed by atoms with Crippen LogP contribution < -0.4 is 0 Å². The molecule has 5 heteroatoms. The molecule has 0 atom stereocenters. The van der Waals surface area contributed by atoms with Gasteiger partial charge in [0.25, 0.3) is 0 Å². The summed E-state index contributed by atoms with van der Waals surface area (Å²) in [7, 11) is 4.38. The summed E-state index contributed by atoms with van der Waals surface area (Å²) in [6, 6.07) is 0. The highest BCUT2D eigenvalue weighted by atomic mass is 16.2. The molecule has 0 spiro atoms. The molecule has 0 aromatic rings. The molecule has 5 nitrogen and oxygen atoms in total. The van der Waals surface area contributed by atoms with Crippen LogP contribution >= 0.6 is 0 Å². The first kappa shape index (κ1) is 17.2. The summed E-state index contributed by atoms with van der Waals surface area (Å²) in [6.07, 6.45) is 4.77. The topological polar surface area (TPSA) is 30.0 Å². The Bertz CT molecular complexity index is 378. The maximum Gasteiger partial charge on any atom is 0.225 e. The number of carbonyl (C=O) groups excluding carboxylic acids is 1. The van der Waals surface area contributed by atoms with Crippen LogP contribution in [0.15, 0.2) is 0 Å². The molecule has 1 amide bonds. The van der Waals surface area contributed by atoms with Crippen molar-refractivity contribution < 1.29 is 4.79 Å². The molecule has 0 N–H and O–H groups in total. The van der Waals surface area contributed by atoms with E-state index >= 15 is 0 Å². The van der Waals surface area contributed by atoms with E-state index < -0.39 is 0 Å². The molecule has 0 unspecified atom stereocenters. The summed E-state index contributed by atoms with van der Waals surface area (Å²) in [6.45, 7) is 9.92. The highest BCUT2D eigenvalue weighted by Gasteiger charge is 2.30. The number of carbonyl (C=O) groups is 1. The highest BCUT2D eigenvalue weighted by molar-refractivity contribution is 5.79. The summed E-state index contributed by atoms with van der Waals surface area (Å²) in [5.41, 5.74) is 0. The Morgan fingerprint density at radius 2 is 1.30 bits per heavy atom. The summed E-state index contributed by atoms with van der Waals surface area (Å²) in [4.78, 5) is 22.2. The summed E-state index contributed by atoms with van der Waals surface area (Å²) in [5.74, 6) is 1.58. The lowest BCUT2D eigenvalue weighted by molar-refractivity contribution is -0.138. The van der Waals surface area contributed by atoms with Crippen LogP contribution in [0.1, 0.15) is 25.7 Å². The van der Waals surface area contributed by atoms with Gasteiger partial charge in [-0.3, -0.25) is 9.69 Å². The van der Waals surface area contributed by atoms with Gasteiger partial charge in [-0.25, -0.2) is 0 Å². The molecule has 3 fully saturated rings. The van der Waals surface area contributed by atoms with Crippen LogP contribution in [0.2, 0.25) is 0 Å². The van der Waals surface area contributed by atoms with E-state index in [4.69, 9.17) is 0 Å². The molecular weight excluding hydrogens is 288 g/mol. The summed E-state index contributed by atoms with van der Waals surface area (Å²) < 4.78 is 0. The van der Waals surface area contributed by atoms with Crippen molar-refractivity contribution in [2.75, 3.05) is 73.0 Å². The number of rotatable bonds is 3. The second-order valence-electron chi connectivity index (χ2n) is 7.95. The van der Waals surface area contributed by atoms with Gasteiger partial charge in [0, 0.05) is 38.6 Å². The van der Waals surface area contributed by atoms with Crippen LogP contribution in [-0.4, -0.2) is 98.5 Å². The van der Waals surface area contributed by atoms with E-state index in [2.05, 4.69) is 33.7 Å². The van der Waals surface area contributed by atoms with Crippen LogP contribution in [0.3, 0.4) is 0 Å². The van der Waals surface area contributed by atoms with Crippen LogP contribution in [0, 0.1) is 11.8 Å². The van der Waals surface area contributed by atoms with Crippen molar-refractivity contribution >= 4 is 5.91 Å². The van der Waals surface area contributed by atoms with E-state index in [1.54, 1.807) is 0 Å². The van der Waals surface area contributed by atoms with Gasteiger partial charge in [0.15, 0.2) is 0 Å². The predicted molar refractivity (Wildman–Crippen MR) is 93.5 cm³/mol. The van der Waals surface area contributed by atoms with Gasteiger partial charge in [-0.15, -0.1) is 0 Å². The largest absolute Gasteiger partial charge is 0.340 e. The fraction of sp³-hybridized carbons (Fsp3) is 0.944. The second kappa shape index (κ2) is 7.95. The number of piperidine rings is 2. The lowest BCUT2D eigenvalue weighted by Gasteiger charge is -2.40. The van der Waals surface area contributed by atoms with Crippen molar-refractivity contribution in [3.63, 3.8) is 0 Å². The van der Waals surface area contributed by atoms with Gasteiger partial charge in [-0.2, -0.15) is 0 Å². The monoisotopic (exact) mass is 322 g/mol. The van der Waals surface area contributed by atoms with Gasteiger partial charge in [0.2, 0.25) is 5.91 Å². The fourth-order valence-electron chi connectivity index (χ4n) is 4.27. The van der Waals surface area contributed by atoms with E-state index in [1.807, 2.05) is 0 Å². The third-order valence-corrected chi connectivity index (χ3v) is 6.11. The number of nitrogens with zero attached hydrogens (tertiary/aromatic N) is 4. The molecule has 0 aliphatic carbocycles. The maximum absolute atomic E-state index is 12.7. The molecule has 23 heavy (non-hydrogen) atoms. The minimum absolute atomic E-state index is 0.284. The molecule has 3 aliphatic heterocycles. The number of amides is 1. The smallest absolute Gasteiger partial charge is 0.225 e. The highest BCUT2D eigenvalue weighted by Crippen LogP contribution is 2.21. The van der Waals surface area contributed by atoms with E-state index in [0.29, 0.717) is 5.91 Å². The van der Waals surface area contributed by atoms with Crippen molar-refractivity contribution in [1.82, 2.24) is 19.6 Å². The van der Waals surface area contributed by atoms with Crippen LogP contribution in [0.5, 0.6) is 0 Å². The van der Waals surface area contributed by atoms with Crippen molar-refractivity contribution in [1.29, 1.82) is 0 Å². The number of hydrogen-bond donors (Lipinski definition) is 0. The summed E-state index contributed by atoms with van der Waals surface area (Å²) in [5, 5.41) is 0. The second-order valence-corrected chi connectivity index (χ2v) is 7.95. The first-order valence-corrected chi connectivity index (χ1v) is 9.50. The fourth-order valence-corrected chi connectivity index (χ4v) is 4.27. The van der Waals surface area contributed by atoms with Crippen LogP contribution in [0.4, 0.5) is 0 Å². The first-order valence-electron chi connectivity index (χ1n) is 9.50. The van der Waals surface area contributed by atoms with Gasteiger partial charge in [0.1, 0.15) is 0 Å². The van der Waals surface area contributed by atoms with Gasteiger partial charge in [-0.05, 0) is 71.9 Å². The van der Waals surface area contributed by atoms with Crippen molar-refractivity contribution in [3.05, 3.63) is 0 Å². The van der Waals surface area contributed by atoms with Crippen LogP contribution in [-0.2, 0) is 4.79 Å². The lowest BCUT2D eigenvalue weighted by Crippen LogP contribution is -2.52. The molecule has 3 heterocycles. The third kappa shape index (κ3) is 4.68. The molecule has 0 aromatic heterocycles. The molecule has 0 saturated carbocycles. The number of likely N-dealkylation sites (tertiary alicyclic amines) is 2. The normalized spacial score (nSPS) is 27.5. The lowest BCUT2D eigenvalue weighted by atomic mass is 9.95. The standard InChI is InChI=1S/C18H34N4O/c1-19-7-3-16(4-8-19)15-21-11-13-22(14-12-21)18(23)17-5-9-20(2)10-6-17/h16-17H,3-15H2,1-2H3. The Labute approximate surface area is 141 Å². The molecule has 3 rings (SSSR count). The predicted octanol–water partition coefficient (Wildman–Crippen LogP) is 0.814. The zero-order valence-corrected chi connectivity index (χ0v) is 15.0. The molecule has 0 bridgehead atoms. The van der Waals surface area contributed by atoms with Gasteiger partial charge in [0.05, 0.1) is 0 Å². The first-order chi connectivity index (χ1) is 11.1. The van der Waals surface area contributed by atoms with Crippen molar-refractivity contribution in [2.24, 2.45) is 11.8 Å². The van der Waals surface area contributed by atoms with Crippen molar-refractivity contribution in [2.45, 2.75) is 25.7 Å². The molecule has 3 saturated heterocycles. The quantitative estimate of drug-likeness (QED) is 0.769. The van der Waals surface area contributed by atoms with E-state index in [1.165, 1.54) is 32.5 Å². The number of hydrogen-bond acceptors (Lipinski definition) is 4. The average molecular weight is 322 g/mol. The molecule has 0 radical (unpaired) electrons. The van der Waals surface area contributed by atoms with E-state index in [9.17, 15) is 4.79 Å². The van der Waals surface area contributed by atoms with E-state index in [-0.39, 0.29) is 5.92 Å². The van der Waals surface area contributed by atoms with E-state index in [0.717, 1.165) is 58.0 Å². The molecule has 3 aliphatic rings. The van der Waals surface area contributed by atoms with Gasteiger partial charge >= 0.3 is 0 Å². The molecule has 132 valence electrons. The molecule has 0 aromatic carbocycles. The summed E-state index contributed by atoms with van der Waals surface area (Å²) >= 11 is 0. The van der Waals surface area contributed by atoms with Gasteiger partial charge in [-0.1, -0.05) is 0 Å². The van der Waals surface area contributed by atoms with Crippen LogP contribution in [0.25, 0.3) is 0 Å². The minimum atomic E-state index is 0.284. The Morgan fingerprint density at radius 1 is 0.783 bits per heavy atom. The Morgan fingerprint density at radius 3 is 1.87 bits per heavy atom. The van der Waals surface area contributed by atoms with Crippen molar-refractivity contribution in [3.8, 4) is 0 Å². The SMILES string of the molecule is CN1CCC(CN2CCN(C(=O)C3CCN(C)CC3)CC2)CC1. The Hall–Kier alpha value is -0.650. The maximum atomic E-state index is 12.7. The zero-order valence-electron chi connectivity index (χ0n) is 15.0. The van der Waals surface area contributed by atoms with Gasteiger partial charge < -0.3 is 14.7 Å². The molecular formula is C18H34N4O. The number of piperazine rings is 1. The Balaban J connectivity index is 1.39. The third-order valence-electron chi connectivity index (χ3n) is 6.11. The minimum Gasteiger partial charge on any atom is -0.340 e. The zero-order chi connectivity index (χ0) is 16.2.